The number of carboxylic acid groups (broad SMARTS) is 1. The van der Waals surface area contributed by atoms with Gasteiger partial charge in [-0.15, -0.1) is 0 Å². The van der Waals surface area contributed by atoms with Gasteiger partial charge in [0.2, 0.25) is 5.91 Å². The number of carbonyl (C=O) groups excluding carboxylic acids is 2. The summed E-state index contributed by atoms with van der Waals surface area (Å²) in [5.74, 6) is -1.46. The molecule has 1 unspecified atom stereocenters. The van der Waals surface area contributed by atoms with E-state index in [-0.39, 0.29) is 24.4 Å². The van der Waals surface area contributed by atoms with Crippen molar-refractivity contribution >= 4 is 18.0 Å². The predicted molar refractivity (Wildman–Crippen MR) is 131 cm³/mol. The summed E-state index contributed by atoms with van der Waals surface area (Å²) in [6.07, 6.45) is 0.0187. The Morgan fingerprint density at radius 1 is 0.971 bits per heavy atom. The van der Waals surface area contributed by atoms with Crippen LogP contribution in [0, 0.1) is 5.41 Å². The van der Waals surface area contributed by atoms with Gasteiger partial charge >= 0.3 is 12.1 Å². The molecule has 2 atom stereocenters. The number of aliphatic carboxylic acids is 1. The van der Waals surface area contributed by atoms with Crippen LogP contribution >= 0.6 is 0 Å². The lowest BCUT2D eigenvalue weighted by molar-refractivity contribution is -0.137. The maximum atomic E-state index is 12.9. The van der Waals surface area contributed by atoms with Crippen molar-refractivity contribution in [3.8, 4) is 11.1 Å². The number of benzene rings is 2. The molecular formula is C27H34N2O5. The Balaban J connectivity index is 1.68. The molecule has 3 N–H and O–H groups in total. The Kier molecular flexibility index (Phi) is 7.97. The molecule has 1 aliphatic rings. The van der Waals surface area contributed by atoms with E-state index in [0.717, 1.165) is 22.3 Å². The number of hydrogen-bond donors (Lipinski definition) is 3. The van der Waals surface area contributed by atoms with Gasteiger partial charge in [-0.1, -0.05) is 76.2 Å². The molecule has 0 aliphatic heterocycles. The molecule has 0 spiro atoms. The van der Waals surface area contributed by atoms with Gasteiger partial charge in [-0.2, -0.15) is 0 Å². The largest absolute Gasteiger partial charge is 0.481 e. The van der Waals surface area contributed by atoms with E-state index in [4.69, 9.17) is 9.84 Å². The second-order valence-corrected chi connectivity index (χ2v) is 10.00. The maximum absolute atomic E-state index is 12.9. The second-order valence-electron chi connectivity index (χ2n) is 10.00. The van der Waals surface area contributed by atoms with Crippen molar-refractivity contribution < 1.29 is 24.2 Å². The zero-order valence-electron chi connectivity index (χ0n) is 20.3. The maximum Gasteiger partial charge on any atom is 0.407 e. The third kappa shape index (κ3) is 6.37. The van der Waals surface area contributed by atoms with Gasteiger partial charge in [0.15, 0.2) is 0 Å². The van der Waals surface area contributed by atoms with Crippen molar-refractivity contribution in [3.63, 3.8) is 0 Å². The molecule has 1 aliphatic carbocycles. The highest BCUT2D eigenvalue weighted by Gasteiger charge is 2.31. The Labute approximate surface area is 200 Å². The van der Waals surface area contributed by atoms with E-state index in [9.17, 15) is 14.4 Å². The third-order valence-electron chi connectivity index (χ3n) is 6.03. The number of ether oxygens (including phenoxy) is 1. The van der Waals surface area contributed by atoms with E-state index < -0.39 is 30.1 Å². The van der Waals surface area contributed by atoms with E-state index >= 15 is 0 Å². The molecule has 0 saturated carbocycles. The van der Waals surface area contributed by atoms with Crippen LogP contribution in [0.1, 0.15) is 64.0 Å². The minimum absolute atomic E-state index is 0.0759. The van der Waals surface area contributed by atoms with Gasteiger partial charge in [0.05, 0.1) is 6.42 Å². The summed E-state index contributed by atoms with van der Waals surface area (Å²) >= 11 is 0. The van der Waals surface area contributed by atoms with Crippen molar-refractivity contribution in [2.75, 3.05) is 6.61 Å². The van der Waals surface area contributed by atoms with E-state index in [1.54, 1.807) is 0 Å². The number of carbonyl (C=O) groups is 3. The number of rotatable bonds is 9. The highest BCUT2D eigenvalue weighted by atomic mass is 16.5. The molecule has 0 heterocycles. The Morgan fingerprint density at radius 2 is 1.53 bits per heavy atom. The highest BCUT2D eigenvalue weighted by Crippen LogP contribution is 2.44. The van der Waals surface area contributed by atoms with Crippen molar-refractivity contribution in [2.24, 2.45) is 5.41 Å². The van der Waals surface area contributed by atoms with Crippen LogP contribution in [0.3, 0.4) is 0 Å². The van der Waals surface area contributed by atoms with Crippen LogP contribution in [-0.4, -0.2) is 41.8 Å². The highest BCUT2D eigenvalue weighted by molar-refractivity contribution is 5.86. The fraction of sp³-hybridized carbons (Fsp3) is 0.444. The van der Waals surface area contributed by atoms with Gasteiger partial charge in [0, 0.05) is 12.0 Å². The minimum atomic E-state index is -0.982. The third-order valence-corrected chi connectivity index (χ3v) is 6.03. The number of hydrogen-bond acceptors (Lipinski definition) is 4. The van der Waals surface area contributed by atoms with E-state index in [1.165, 1.54) is 0 Å². The molecule has 0 radical (unpaired) electrons. The molecule has 7 heteroatoms. The van der Waals surface area contributed by atoms with E-state index in [2.05, 4.69) is 22.8 Å². The lowest BCUT2D eigenvalue weighted by atomic mass is 9.87. The summed E-state index contributed by atoms with van der Waals surface area (Å²) in [5, 5.41) is 14.5. The fourth-order valence-corrected chi connectivity index (χ4v) is 4.41. The summed E-state index contributed by atoms with van der Waals surface area (Å²) in [7, 11) is 0. The number of alkyl carbamates (subject to hydrolysis) is 1. The molecule has 2 aromatic rings. The summed E-state index contributed by atoms with van der Waals surface area (Å²) in [4.78, 5) is 36.7. The van der Waals surface area contributed by atoms with Crippen molar-refractivity contribution in [1.29, 1.82) is 0 Å². The summed E-state index contributed by atoms with van der Waals surface area (Å²) < 4.78 is 5.61. The molecule has 0 fully saturated rings. The molecule has 0 bridgehead atoms. The van der Waals surface area contributed by atoms with Gasteiger partial charge in [-0.3, -0.25) is 9.59 Å². The monoisotopic (exact) mass is 466 g/mol. The quantitative estimate of drug-likeness (QED) is 0.497. The first kappa shape index (κ1) is 25.3. The fourth-order valence-electron chi connectivity index (χ4n) is 4.41. The molecule has 0 saturated heterocycles. The van der Waals surface area contributed by atoms with Crippen LogP contribution in [0.2, 0.25) is 0 Å². The first-order chi connectivity index (χ1) is 16.1. The minimum Gasteiger partial charge on any atom is -0.481 e. The molecule has 2 amide bonds. The van der Waals surface area contributed by atoms with Crippen LogP contribution in [0.4, 0.5) is 4.79 Å². The molecular weight excluding hydrogens is 432 g/mol. The van der Waals surface area contributed by atoms with Gasteiger partial charge in [0.25, 0.3) is 0 Å². The van der Waals surface area contributed by atoms with Crippen molar-refractivity contribution in [1.82, 2.24) is 10.6 Å². The van der Waals surface area contributed by atoms with Gasteiger partial charge in [-0.25, -0.2) is 4.79 Å². The number of nitrogens with one attached hydrogen (secondary N) is 2. The average Bonchev–Trinajstić information content (AvgIpc) is 3.09. The number of carboxylic acids is 1. The molecule has 182 valence electrons. The Bertz CT molecular complexity index is 998. The first-order valence-corrected chi connectivity index (χ1v) is 11.7. The summed E-state index contributed by atoms with van der Waals surface area (Å²) in [6, 6.07) is 14.8. The van der Waals surface area contributed by atoms with E-state index in [1.807, 2.05) is 64.1 Å². The zero-order valence-corrected chi connectivity index (χ0v) is 20.3. The standard InChI is InChI=1S/C27H34N2O5/c1-5-17(14-24(30)31)28-25(32)23(15-27(2,3)4)29-26(33)34-16-22-20-12-8-6-10-18(20)19-11-7-9-13-21(19)22/h6-13,17,22-23H,5,14-16H2,1-4H3,(H,28,32)(H,29,33)(H,30,31)/t17-,23?/m1/s1. The van der Waals surface area contributed by atoms with Crippen molar-refractivity contribution in [3.05, 3.63) is 59.7 Å². The summed E-state index contributed by atoms with van der Waals surface area (Å²) in [5.41, 5.74) is 4.26. The Hall–Kier alpha value is -3.35. The van der Waals surface area contributed by atoms with Crippen LogP contribution in [-0.2, 0) is 14.3 Å². The van der Waals surface area contributed by atoms with Crippen LogP contribution in [0.15, 0.2) is 48.5 Å². The number of fused-ring (bicyclic) bond motifs is 3. The van der Waals surface area contributed by atoms with Gasteiger partial charge in [0.1, 0.15) is 12.6 Å². The van der Waals surface area contributed by atoms with Gasteiger partial charge < -0.3 is 20.5 Å². The molecule has 2 aromatic carbocycles. The van der Waals surface area contributed by atoms with Gasteiger partial charge in [-0.05, 0) is 40.5 Å². The van der Waals surface area contributed by atoms with E-state index in [0.29, 0.717) is 12.8 Å². The predicted octanol–water partition coefficient (Wildman–Crippen LogP) is 4.70. The summed E-state index contributed by atoms with van der Waals surface area (Å²) in [6.45, 7) is 7.88. The molecule has 7 nitrogen and oxygen atoms in total. The number of amides is 2. The SMILES string of the molecule is CC[C@H](CC(=O)O)NC(=O)C(CC(C)(C)C)NC(=O)OCC1c2ccccc2-c2ccccc21. The Morgan fingerprint density at radius 3 is 2.03 bits per heavy atom. The first-order valence-electron chi connectivity index (χ1n) is 11.7. The molecule has 0 aromatic heterocycles. The molecule has 3 rings (SSSR count). The average molecular weight is 467 g/mol. The zero-order chi connectivity index (χ0) is 24.9. The van der Waals surface area contributed by atoms with Crippen molar-refractivity contribution in [2.45, 2.75) is 65.0 Å². The topological polar surface area (TPSA) is 105 Å². The van der Waals surface area contributed by atoms with Crippen LogP contribution < -0.4 is 10.6 Å². The van der Waals surface area contributed by atoms with Crippen LogP contribution in [0.25, 0.3) is 11.1 Å². The van der Waals surface area contributed by atoms with Crippen LogP contribution in [0.5, 0.6) is 0 Å². The smallest absolute Gasteiger partial charge is 0.407 e. The lowest BCUT2D eigenvalue weighted by Gasteiger charge is -2.27. The second kappa shape index (κ2) is 10.7. The normalized spacial score (nSPS) is 14.5. The lowest BCUT2D eigenvalue weighted by Crippen LogP contribution is -2.51. The molecule has 34 heavy (non-hydrogen) atoms.